The maximum atomic E-state index is 14.0. The van der Waals surface area contributed by atoms with Gasteiger partial charge in [-0.15, -0.1) is 0 Å². The van der Waals surface area contributed by atoms with Gasteiger partial charge in [-0.05, 0) is 78.9 Å². The molecule has 0 aliphatic carbocycles. The van der Waals surface area contributed by atoms with Gasteiger partial charge in [0.1, 0.15) is 18.4 Å². The minimum Gasteiger partial charge on any atom is -0.545 e. The molecule has 1 aliphatic heterocycles. The van der Waals surface area contributed by atoms with Gasteiger partial charge in [0.15, 0.2) is 0 Å². The number of hydrogen-bond donors (Lipinski definition) is 0. The summed E-state index contributed by atoms with van der Waals surface area (Å²) >= 11 is 0. The van der Waals surface area contributed by atoms with Gasteiger partial charge >= 0.3 is 37.7 Å². The van der Waals surface area contributed by atoms with Crippen molar-refractivity contribution in [2.75, 3.05) is 18.0 Å². The van der Waals surface area contributed by atoms with Crippen LogP contribution < -0.4 is 57.6 Å². The van der Waals surface area contributed by atoms with Crippen molar-refractivity contribution in [1.82, 2.24) is 9.47 Å². The second-order valence-corrected chi connectivity index (χ2v) is 10.7. The summed E-state index contributed by atoms with van der Waals surface area (Å²) in [4.78, 5) is 40.4. The van der Waals surface area contributed by atoms with E-state index in [1.54, 1.807) is 24.1 Å². The molecule has 2 amide bonds. The van der Waals surface area contributed by atoms with Crippen molar-refractivity contribution >= 4 is 23.7 Å². The van der Waals surface area contributed by atoms with Crippen molar-refractivity contribution in [3.8, 4) is 17.0 Å². The van der Waals surface area contributed by atoms with E-state index in [2.05, 4.69) is 0 Å². The van der Waals surface area contributed by atoms with Crippen LogP contribution in [0.1, 0.15) is 56.4 Å². The van der Waals surface area contributed by atoms with E-state index in [4.69, 9.17) is 4.74 Å². The summed E-state index contributed by atoms with van der Waals surface area (Å²) in [6, 6.07) is 22.3. The van der Waals surface area contributed by atoms with Gasteiger partial charge < -0.3 is 38.9 Å². The molecular weight excluding hydrogens is 560 g/mol. The minimum atomic E-state index is -1.38. The third-order valence-electron chi connectivity index (χ3n) is 7.96. The third kappa shape index (κ3) is 7.69. The number of ether oxygens (including phenoxy) is 1. The second kappa shape index (κ2) is 15.4. The number of fused-ring (bicyclic) bond motifs is 1. The first kappa shape index (κ1) is 35.6. The molecule has 4 aromatic rings. The number of benzene rings is 3. The van der Waals surface area contributed by atoms with Gasteiger partial charge in [-0.1, -0.05) is 37.3 Å². The Morgan fingerprint density at radius 1 is 0.911 bits per heavy atom. The molecule has 0 saturated carbocycles. The number of carbonyl (C=O) groups is 3. The summed E-state index contributed by atoms with van der Waals surface area (Å²) < 4.78 is 7.72. The first-order valence-corrected chi connectivity index (χ1v) is 14.3. The first-order chi connectivity index (χ1) is 20.7. The van der Waals surface area contributed by atoms with Crippen LogP contribution in [-0.4, -0.2) is 40.5 Å². The van der Waals surface area contributed by atoms with E-state index < -0.39 is 12.1 Å². The maximum Gasteiger partial charge on any atom is 1.00 e. The van der Waals surface area contributed by atoms with Crippen LogP contribution in [0.5, 0.6) is 5.75 Å². The maximum absolute atomic E-state index is 14.0. The van der Waals surface area contributed by atoms with Gasteiger partial charge in [-0.3, -0.25) is 4.79 Å². The van der Waals surface area contributed by atoms with E-state index >= 15 is 0 Å². The Kier molecular flexibility index (Phi) is 12.2. The van der Waals surface area contributed by atoms with Crippen molar-refractivity contribution in [2.24, 2.45) is 7.05 Å². The van der Waals surface area contributed by atoms with Crippen LogP contribution in [0.4, 0.5) is 10.5 Å². The van der Waals surface area contributed by atoms with E-state index in [1.165, 1.54) is 6.07 Å². The molecule has 0 spiro atoms. The minimum absolute atomic E-state index is 0. The van der Waals surface area contributed by atoms with Crippen molar-refractivity contribution in [3.05, 3.63) is 106 Å². The van der Waals surface area contributed by atoms with E-state index in [1.807, 2.05) is 73.0 Å². The Hall–Kier alpha value is -3.86. The molecule has 0 unspecified atom stereocenters. The molecular formula is C34H33Li2N3O6. The number of carbonyl (C=O) groups excluding carboxylic acids is 3. The Morgan fingerprint density at radius 2 is 1.60 bits per heavy atom. The molecule has 11 heteroatoms. The Labute approximate surface area is 287 Å². The predicted octanol–water partition coefficient (Wildman–Crippen LogP) is -2.29. The number of hydrogen-bond acceptors (Lipinski definition) is 6. The third-order valence-corrected chi connectivity index (χ3v) is 7.96. The van der Waals surface area contributed by atoms with Crippen LogP contribution in [0, 0.1) is 6.92 Å². The van der Waals surface area contributed by atoms with Gasteiger partial charge in [0.2, 0.25) is 0 Å². The van der Waals surface area contributed by atoms with Crippen LogP contribution in [0.25, 0.3) is 11.3 Å². The van der Waals surface area contributed by atoms with Crippen LogP contribution in [-0.2, 0) is 26.6 Å². The second-order valence-electron chi connectivity index (χ2n) is 10.7. The molecule has 1 aromatic heterocycles. The zero-order valence-electron chi connectivity index (χ0n) is 26.5. The topological polar surface area (TPSA) is 118 Å². The Bertz CT molecular complexity index is 1670. The summed E-state index contributed by atoms with van der Waals surface area (Å²) in [5.41, 5.74) is 5.32. The number of aromatic nitrogens is 1. The van der Waals surface area contributed by atoms with E-state index in [0.717, 1.165) is 28.1 Å². The van der Waals surface area contributed by atoms with Crippen molar-refractivity contribution in [2.45, 2.75) is 39.8 Å². The molecule has 0 saturated heterocycles. The average molecular weight is 594 g/mol. The van der Waals surface area contributed by atoms with Crippen molar-refractivity contribution < 1.29 is 67.1 Å². The van der Waals surface area contributed by atoms with Gasteiger partial charge in [-0.25, -0.2) is 0 Å². The number of amides is 2. The first-order valence-electron chi connectivity index (χ1n) is 14.3. The van der Waals surface area contributed by atoms with Crippen LogP contribution in [0.15, 0.2) is 72.8 Å². The molecule has 45 heavy (non-hydrogen) atoms. The van der Waals surface area contributed by atoms with Crippen molar-refractivity contribution in [1.29, 1.82) is 0 Å². The number of anilines is 1. The summed E-state index contributed by atoms with van der Waals surface area (Å²) in [6.45, 7) is 5.08. The molecule has 5 rings (SSSR count). The number of carboxylic acids is 1. The molecule has 9 nitrogen and oxygen atoms in total. The molecule has 0 bridgehead atoms. The molecule has 222 valence electrons. The van der Waals surface area contributed by atoms with Crippen LogP contribution in [0.2, 0.25) is 0 Å². The predicted molar refractivity (Wildman–Crippen MR) is 159 cm³/mol. The molecule has 2 heterocycles. The molecule has 0 atom stereocenters. The fraction of sp³-hybridized carbons (Fsp3) is 0.265. The molecule has 0 fully saturated rings. The fourth-order valence-corrected chi connectivity index (χ4v) is 5.50. The summed E-state index contributed by atoms with van der Waals surface area (Å²) in [7, 11) is 1.79. The summed E-state index contributed by atoms with van der Waals surface area (Å²) in [6.07, 6.45) is -0.134. The van der Waals surface area contributed by atoms with Gasteiger partial charge in [0.25, 0.3) is 5.91 Å². The van der Waals surface area contributed by atoms with Crippen molar-refractivity contribution in [3.63, 3.8) is 0 Å². The largest absolute Gasteiger partial charge is 1.00 e. The molecule has 1 aliphatic rings. The molecule has 0 N–H and O–H groups in total. The number of carboxylic acid groups (broad SMARTS) is 2. The monoisotopic (exact) mass is 593 g/mol. The normalized spacial score (nSPS) is 11.9. The number of rotatable bonds is 9. The fourth-order valence-electron chi connectivity index (χ4n) is 5.50. The molecule has 0 radical (unpaired) electrons. The smallest absolute Gasteiger partial charge is 0.545 e. The Morgan fingerprint density at radius 3 is 2.22 bits per heavy atom. The number of nitrogens with zero attached hydrogens (tertiary/aromatic N) is 3. The number of aromatic carboxylic acids is 1. The average Bonchev–Trinajstić information content (AvgIpc) is 3.31. The zero-order valence-corrected chi connectivity index (χ0v) is 26.5. The van der Waals surface area contributed by atoms with Gasteiger partial charge in [-0.2, -0.15) is 0 Å². The zero-order chi connectivity index (χ0) is 30.7. The van der Waals surface area contributed by atoms with Gasteiger partial charge in [0, 0.05) is 54.9 Å². The van der Waals surface area contributed by atoms with Crippen LogP contribution in [0.3, 0.4) is 0 Å². The summed E-state index contributed by atoms with van der Waals surface area (Å²) in [5.74, 6) is -0.881. The molecule has 3 aromatic carbocycles. The van der Waals surface area contributed by atoms with E-state index in [-0.39, 0.29) is 62.3 Å². The Balaban J connectivity index is 0.00000276. The van der Waals surface area contributed by atoms with E-state index in [0.29, 0.717) is 53.4 Å². The SMILES string of the molecule is CCCN(C(=O)c1cc(-c2cc3c(cc2C(=O)[O-])CN(C(=O)[O-])CC3)n(C)c1C)c1ccc(OCc2ccccc2)cc1.[Li+].[Li+]. The van der Waals surface area contributed by atoms with Crippen LogP contribution >= 0.6 is 0 Å². The quantitative estimate of drug-likeness (QED) is 0.202. The van der Waals surface area contributed by atoms with Gasteiger partial charge in [0.05, 0.1) is 11.5 Å². The summed E-state index contributed by atoms with van der Waals surface area (Å²) in [5, 5.41) is 23.6. The van der Waals surface area contributed by atoms with E-state index in [9.17, 15) is 24.6 Å². The standard InChI is InChI=1S/C34H35N3O6.2Li/c1-4-15-37(26-10-12-27(13-11-26)43-21-23-8-6-5-7-9-23)32(38)28-19-31(35(3)22(28)2)29-17-24-14-16-36(34(41)42)20-25(24)18-30(29)33(39)40;;/h5-13,17-19H,4,14-16,20-21H2,1-3H3,(H,39,40)(H,41,42);;/q;2*+1/p-2.